The van der Waals surface area contributed by atoms with Crippen LogP contribution in [0.2, 0.25) is 0 Å². The minimum Gasteiger partial charge on any atom is -0.309 e. The van der Waals surface area contributed by atoms with Gasteiger partial charge >= 0.3 is 0 Å². The Balaban J connectivity index is 1.25. The highest BCUT2D eigenvalue weighted by Gasteiger charge is 2.22. The molecule has 8 aromatic carbocycles. The molecule has 0 unspecified atom stereocenters. The van der Waals surface area contributed by atoms with Gasteiger partial charge in [-0.25, -0.2) is 0 Å². The highest BCUT2D eigenvalue weighted by Crippen LogP contribution is 2.42. The molecule has 238 valence electrons. The molecule has 0 spiro atoms. The van der Waals surface area contributed by atoms with E-state index < -0.39 is 0 Å². The third kappa shape index (κ3) is 4.06. The van der Waals surface area contributed by atoms with E-state index in [1.807, 2.05) is 0 Å². The van der Waals surface area contributed by atoms with Gasteiger partial charge in [-0.15, -0.1) is 0 Å². The highest BCUT2D eigenvalue weighted by molar-refractivity contribution is 6.20. The Bertz CT molecular complexity index is 3110. The molecule has 3 aromatic heterocycles. The molecule has 3 heterocycles. The van der Waals surface area contributed by atoms with Crippen molar-refractivity contribution in [2.75, 3.05) is 0 Å². The molecule has 0 bridgehead atoms. The zero-order valence-electron chi connectivity index (χ0n) is 27.7. The van der Waals surface area contributed by atoms with Crippen LogP contribution in [0.3, 0.4) is 0 Å². The lowest BCUT2D eigenvalue weighted by molar-refractivity contribution is 1.13. The fourth-order valence-electron chi connectivity index (χ4n) is 8.43. The number of nitrogens with zero attached hydrogens (tertiary/aromatic N) is 3. The quantitative estimate of drug-likeness (QED) is 0.180. The smallest absolute Gasteiger partial charge is 0.0782 e. The van der Waals surface area contributed by atoms with E-state index in [1.165, 1.54) is 76.5 Å². The van der Waals surface area contributed by atoms with Crippen molar-refractivity contribution in [3.05, 3.63) is 188 Å². The summed E-state index contributed by atoms with van der Waals surface area (Å²) in [7, 11) is 0. The Hall–Kier alpha value is -6.84. The van der Waals surface area contributed by atoms with Gasteiger partial charge in [0.15, 0.2) is 0 Å². The van der Waals surface area contributed by atoms with Crippen LogP contribution in [0, 0.1) is 0 Å². The van der Waals surface area contributed by atoms with E-state index in [0.29, 0.717) is 0 Å². The Morgan fingerprint density at radius 2 is 0.725 bits per heavy atom. The minimum absolute atomic E-state index is 1.15. The molecule has 51 heavy (non-hydrogen) atoms. The van der Waals surface area contributed by atoms with Gasteiger partial charge in [-0.1, -0.05) is 127 Å². The normalized spacial score (nSPS) is 11.9. The largest absolute Gasteiger partial charge is 0.309 e. The van der Waals surface area contributed by atoms with Crippen molar-refractivity contribution in [1.29, 1.82) is 0 Å². The maximum absolute atomic E-state index is 2.49. The lowest BCUT2D eigenvalue weighted by Crippen LogP contribution is -2.00. The fraction of sp³-hybridized carbons (Fsp3) is 0. The van der Waals surface area contributed by atoms with E-state index in [9.17, 15) is 0 Å². The predicted octanol–water partition coefficient (Wildman–Crippen LogP) is 12.6. The molecule has 0 atom stereocenters. The molecule has 11 rings (SSSR count). The van der Waals surface area contributed by atoms with Gasteiger partial charge in [-0.2, -0.15) is 0 Å². The van der Waals surface area contributed by atoms with Crippen LogP contribution >= 0.6 is 0 Å². The van der Waals surface area contributed by atoms with Crippen LogP contribution in [-0.2, 0) is 0 Å². The van der Waals surface area contributed by atoms with E-state index in [4.69, 9.17) is 0 Å². The zero-order valence-corrected chi connectivity index (χ0v) is 27.7. The van der Waals surface area contributed by atoms with Crippen molar-refractivity contribution in [2.45, 2.75) is 0 Å². The number of rotatable bonds is 4. The van der Waals surface area contributed by atoms with Crippen LogP contribution in [0.25, 0.3) is 93.6 Å². The van der Waals surface area contributed by atoms with Gasteiger partial charge in [0.1, 0.15) is 0 Å². The number of aromatic nitrogens is 3. The van der Waals surface area contributed by atoms with Crippen molar-refractivity contribution in [3.63, 3.8) is 0 Å². The average molecular weight is 650 g/mol. The van der Waals surface area contributed by atoms with Crippen molar-refractivity contribution < 1.29 is 0 Å². The maximum atomic E-state index is 2.49. The Kier molecular flexibility index (Phi) is 5.96. The first-order valence-corrected chi connectivity index (χ1v) is 17.5. The number of fused-ring (bicyclic) bond motifs is 9. The molecule has 0 aliphatic carbocycles. The van der Waals surface area contributed by atoms with Gasteiger partial charge in [-0.3, -0.25) is 0 Å². The molecule has 0 saturated carbocycles. The summed E-state index contributed by atoms with van der Waals surface area (Å²) in [6.45, 7) is 0. The van der Waals surface area contributed by atoms with E-state index in [2.05, 4.69) is 202 Å². The molecular formula is C48H31N3. The molecule has 3 heteroatoms. The second kappa shape index (κ2) is 10.8. The van der Waals surface area contributed by atoms with Gasteiger partial charge < -0.3 is 13.7 Å². The van der Waals surface area contributed by atoms with E-state index in [0.717, 1.165) is 17.1 Å². The SMILES string of the molecule is c1ccc(-c2ccc(-n3c4ccccc4c4cc5c6ccccc6n(-c6cccc7c8ccccc8n(-c8ccccc8)c67)c5cc43)cc2)cc1. The van der Waals surface area contributed by atoms with Crippen molar-refractivity contribution in [2.24, 2.45) is 0 Å². The average Bonchev–Trinajstić information content (AvgIpc) is 3.83. The summed E-state index contributed by atoms with van der Waals surface area (Å²) in [4.78, 5) is 0. The summed E-state index contributed by atoms with van der Waals surface area (Å²) in [6.07, 6.45) is 0. The summed E-state index contributed by atoms with van der Waals surface area (Å²) in [5.41, 5.74) is 13.1. The van der Waals surface area contributed by atoms with Crippen LogP contribution < -0.4 is 0 Å². The summed E-state index contributed by atoms with van der Waals surface area (Å²) in [5.74, 6) is 0. The van der Waals surface area contributed by atoms with Crippen molar-refractivity contribution in [1.82, 2.24) is 13.7 Å². The van der Waals surface area contributed by atoms with Crippen LogP contribution in [0.1, 0.15) is 0 Å². The number of hydrogen-bond acceptors (Lipinski definition) is 0. The van der Waals surface area contributed by atoms with E-state index in [1.54, 1.807) is 0 Å². The number of benzene rings is 8. The van der Waals surface area contributed by atoms with Crippen LogP contribution in [0.15, 0.2) is 188 Å². The first-order chi connectivity index (χ1) is 25.3. The van der Waals surface area contributed by atoms with Crippen LogP contribution in [0.4, 0.5) is 0 Å². The molecule has 0 radical (unpaired) electrons. The molecule has 0 fully saturated rings. The molecule has 11 aromatic rings. The number of hydrogen-bond donors (Lipinski definition) is 0. The van der Waals surface area contributed by atoms with Crippen molar-refractivity contribution >= 4 is 65.4 Å². The van der Waals surface area contributed by atoms with Gasteiger partial charge in [0.25, 0.3) is 0 Å². The summed E-state index contributed by atoms with van der Waals surface area (Å²) < 4.78 is 7.36. The third-order valence-electron chi connectivity index (χ3n) is 10.6. The minimum atomic E-state index is 1.15. The summed E-state index contributed by atoms with van der Waals surface area (Å²) in [6, 6.07) is 68.4. The molecule has 0 aliphatic rings. The third-order valence-corrected chi connectivity index (χ3v) is 10.6. The molecular weight excluding hydrogens is 619 g/mol. The van der Waals surface area contributed by atoms with Crippen LogP contribution in [0.5, 0.6) is 0 Å². The van der Waals surface area contributed by atoms with Gasteiger partial charge in [0.05, 0.1) is 38.8 Å². The Labute approximate surface area is 294 Å². The fourth-order valence-corrected chi connectivity index (χ4v) is 8.43. The highest BCUT2D eigenvalue weighted by atomic mass is 15.1. The summed E-state index contributed by atoms with van der Waals surface area (Å²) in [5, 5.41) is 7.50. The lowest BCUT2D eigenvalue weighted by atomic mass is 10.1. The van der Waals surface area contributed by atoms with E-state index >= 15 is 0 Å². The standard InChI is InChI=1S/C48H31N3/c1-3-14-32(15-4-1)33-26-28-35(29-27-33)49-42-22-10-8-19-37(42)40-30-41-38-20-9-12-24-44(38)51(47(41)31-46(40)49)45-25-13-21-39-36-18-7-11-23-43(36)50(48(39)45)34-16-5-2-6-17-34/h1-31H. The first kappa shape index (κ1) is 28.0. The topological polar surface area (TPSA) is 14.8 Å². The second-order valence-corrected chi connectivity index (χ2v) is 13.4. The van der Waals surface area contributed by atoms with Crippen LogP contribution in [-0.4, -0.2) is 13.7 Å². The molecule has 0 aliphatic heterocycles. The first-order valence-electron chi connectivity index (χ1n) is 17.5. The molecule has 0 saturated heterocycles. The lowest BCUT2D eigenvalue weighted by Gasteiger charge is -2.14. The second-order valence-electron chi connectivity index (χ2n) is 13.4. The monoisotopic (exact) mass is 649 g/mol. The molecule has 0 amide bonds. The zero-order chi connectivity index (χ0) is 33.5. The Morgan fingerprint density at radius 3 is 1.39 bits per heavy atom. The molecule has 3 nitrogen and oxygen atoms in total. The Morgan fingerprint density at radius 1 is 0.255 bits per heavy atom. The van der Waals surface area contributed by atoms with Gasteiger partial charge in [-0.05, 0) is 71.8 Å². The molecule has 0 N–H and O–H groups in total. The van der Waals surface area contributed by atoms with E-state index in [-0.39, 0.29) is 0 Å². The van der Waals surface area contributed by atoms with Crippen molar-refractivity contribution in [3.8, 4) is 28.2 Å². The predicted molar refractivity (Wildman–Crippen MR) is 215 cm³/mol. The van der Waals surface area contributed by atoms with Gasteiger partial charge in [0.2, 0.25) is 0 Å². The summed E-state index contributed by atoms with van der Waals surface area (Å²) >= 11 is 0. The number of para-hydroxylation sites is 5. The maximum Gasteiger partial charge on any atom is 0.0782 e. The van der Waals surface area contributed by atoms with Gasteiger partial charge in [0, 0.05) is 43.7 Å².